The molecule has 0 bridgehead atoms. The molecular formula is C19H24N2O3. The van der Waals surface area contributed by atoms with Gasteiger partial charge in [0.05, 0.1) is 14.2 Å². The number of carbonyl (C=O) groups excluding carboxylic acids is 1. The van der Waals surface area contributed by atoms with Gasteiger partial charge < -0.3 is 20.1 Å². The number of methoxy groups -OCH3 is 2. The lowest BCUT2D eigenvalue weighted by atomic mass is 10.1. The van der Waals surface area contributed by atoms with E-state index in [0.29, 0.717) is 31.0 Å². The minimum Gasteiger partial charge on any atom is -0.493 e. The normalized spacial score (nSPS) is 10.1. The highest BCUT2D eigenvalue weighted by Gasteiger charge is 2.05. The Hall–Kier alpha value is -2.69. The van der Waals surface area contributed by atoms with E-state index in [1.165, 1.54) is 5.56 Å². The van der Waals surface area contributed by atoms with Crippen LogP contribution in [-0.4, -0.2) is 26.7 Å². The molecule has 0 aliphatic heterocycles. The average molecular weight is 328 g/mol. The second kappa shape index (κ2) is 8.82. The molecule has 5 nitrogen and oxygen atoms in total. The van der Waals surface area contributed by atoms with Crippen molar-refractivity contribution in [2.45, 2.75) is 19.9 Å². The first kappa shape index (κ1) is 17.7. The Morgan fingerprint density at radius 3 is 2.38 bits per heavy atom. The maximum Gasteiger partial charge on any atom is 0.222 e. The van der Waals surface area contributed by atoms with E-state index in [1.807, 2.05) is 49.4 Å². The van der Waals surface area contributed by atoms with Gasteiger partial charge in [-0.2, -0.15) is 0 Å². The van der Waals surface area contributed by atoms with Gasteiger partial charge in [0.2, 0.25) is 5.91 Å². The van der Waals surface area contributed by atoms with Crippen LogP contribution in [0.25, 0.3) is 0 Å². The number of ether oxygens (including phenoxy) is 2. The molecule has 0 atom stereocenters. The minimum absolute atomic E-state index is 0.0172. The summed E-state index contributed by atoms with van der Waals surface area (Å²) in [5, 5.41) is 6.13. The van der Waals surface area contributed by atoms with Gasteiger partial charge in [0, 0.05) is 31.3 Å². The van der Waals surface area contributed by atoms with Crippen molar-refractivity contribution in [3.8, 4) is 11.5 Å². The molecule has 0 saturated carbocycles. The Balaban J connectivity index is 1.75. The first-order valence-corrected chi connectivity index (χ1v) is 7.90. The Kier molecular flexibility index (Phi) is 6.49. The highest BCUT2D eigenvalue weighted by atomic mass is 16.5. The summed E-state index contributed by atoms with van der Waals surface area (Å²) in [7, 11) is 3.20. The Bertz CT molecular complexity index is 669. The summed E-state index contributed by atoms with van der Waals surface area (Å²) in [4.78, 5) is 11.9. The number of rotatable bonds is 8. The summed E-state index contributed by atoms with van der Waals surface area (Å²) in [6.45, 7) is 3.15. The van der Waals surface area contributed by atoms with Gasteiger partial charge in [0.15, 0.2) is 11.5 Å². The van der Waals surface area contributed by atoms with Gasteiger partial charge >= 0.3 is 0 Å². The van der Waals surface area contributed by atoms with E-state index in [-0.39, 0.29) is 5.91 Å². The second-order valence-corrected chi connectivity index (χ2v) is 5.51. The van der Waals surface area contributed by atoms with E-state index in [2.05, 4.69) is 10.6 Å². The average Bonchev–Trinajstić information content (AvgIpc) is 2.61. The van der Waals surface area contributed by atoms with Crippen molar-refractivity contribution in [3.63, 3.8) is 0 Å². The monoisotopic (exact) mass is 328 g/mol. The largest absolute Gasteiger partial charge is 0.493 e. The smallest absolute Gasteiger partial charge is 0.222 e. The number of benzene rings is 2. The minimum atomic E-state index is 0.0172. The first-order valence-electron chi connectivity index (χ1n) is 7.90. The lowest BCUT2D eigenvalue weighted by Gasteiger charge is -2.11. The number of nitrogens with one attached hydrogen (secondary N) is 2. The summed E-state index contributed by atoms with van der Waals surface area (Å²) in [5.74, 6) is 1.36. The van der Waals surface area contributed by atoms with Crippen molar-refractivity contribution in [1.82, 2.24) is 5.32 Å². The van der Waals surface area contributed by atoms with Gasteiger partial charge in [-0.05, 0) is 24.6 Å². The van der Waals surface area contributed by atoms with E-state index in [9.17, 15) is 4.79 Å². The first-order chi connectivity index (χ1) is 11.6. The number of anilines is 1. The van der Waals surface area contributed by atoms with Crippen LogP contribution >= 0.6 is 0 Å². The van der Waals surface area contributed by atoms with E-state index in [4.69, 9.17) is 9.47 Å². The summed E-state index contributed by atoms with van der Waals surface area (Å²) >= 11 is 0. The van der Waals surface area contributed by atoms with Crippen molar-refractivity contribution in [3.05, 3.63) is 53.6 Å². The van der Waals surface area contributed by atoms with Gasteiger partial charge in [0.1, 0.15) is 0 Å². The molecule has 2 N–H and O–H groups in total. The van der Waals surface area contributed by atoms with Gasteiger partial charge in [-0.3, -0.25) is 4.79 Å². The van der Waals surface area contributed by atoms with Crippen LogP contribution < -0.4 is 20.1 Å². The maximum absolute atomic E-state index is 11.9. The Morgan fingerprint density at radius 1 is 1.00 bits per heavy atom. The Labute approximate surface area is 143 Å². The van der Waals surface area contributed by atoms with Crippen LogP contribution in [0.15, 0.2) is 42.5 Å². The van der Waals surface area contributed by atoms with Crippen molar-refractivity contribution in [1.29, 1.82) is 0 Å². The van der Waals surface area contributed by atoms with Gasteiger partial charge in [-0.25, -0.2) is 0 Å². The van der Waals surface area contributed by atoms with Crippen LogP contribution in [0, 0.1) is 6.92 Å². The molecule has 0 aromatic heterocycles. The number of hydrogen-bond donors (Lipinski definition) is 2. The molecule has 0 heterocycles. The standard InChI is InChI=1S/C19H24N2O3/c1-14-4-6-15(7-5-14)13-21-19(22)10-11-20-16-8-9-17(23-2)18(12-16)24-3/h4-9,12,20H,10-11,13H2,1-3H3,(H,21,22). The second-order valence-electron chi connectivity index (χ2n) is 5.51. The highest BCUT2D eigenvalue weighted by Crippen LogP contribution is 2.29. The SMILES string of the molecule is COc1ccc(NCCC(=O)NCc2ccc(C)cc2)cc1OC. The maximum atomic E-state index is 11.9. The summed E-state index contributed by atoms with van der Waals surface area (Å²) < 4.78 is 10.5. The van der Waals surface area contributed by atoms with Crippen LogP contribution in [0.3, 0.4) is 0 Å². The Morgan fingerprint density at radius 2 is 1.71 bits per heavy atom. The number of carbonyl (C=O) groups is 1. The predicted molar refractivity (Wildman–Crippen MR) is 95.7 cm³/mol. The summed E-state index contributed by atoms with van der Waals surface area (Å²) in [6.07, 6.45) is 0.403. The fraction of sp³-hybridized carbons (Fsp3) is 0.316. The predicted octanol–water partition coefficient (Wildman–Crippen LogP) is 3.13. The van der Waals surface area contributed by atoms with Crippen molar-refractivity contribution in [2.24, 2.45) is 0 Å². The quantitative estimate of drug-likeness (QED) is 0.781. The molecule has 24 heavy (non-hydrogen) atoms. The number of hydrogen-bond acceptors (Lipinski definition) is 4. The molecule has 2 rings (SSSR count). The van der Waals surface area contributed by atoms with Gasteiger partial charge in [-0.1, -0.05) is 29.8 Å². The van der Waals surface area contributed by atoms with E-state index in [0.717, 1.165) is 11.3 Å². The molecule has 5 heteroatoms. The zero-order valence-electron chi connectivity index (χ0n) is 14.4. The third-order valence-corrected chi connectivity index (χ3v) is 3.68. The summed E-state index contributed by atoms with van der Waals surface area (Å²) in [5.41, 5.74) is 3.20. The third-order valence-electron chi connectivity index (χ3n) is 3.68. The van der Waals surface area contributed by atoms with Crippen molar-refractivity contribution < 1.29 is 14.3 Å². The van der Waals surface area contributed by atoms with Crippen LogP contribution in [0.1, 0.15) is 17.5 Å². The van der Waals surface area contributed by atoms with Gasteiger partial charge in [-0.15, -0.1) is 0 Å². The molecule has 128 valence electrons. The lowest BCUT2D eigenvalue weighted by Crippen LogP contribution is -2.24. The molecule has 2 aromatic carbocycles. The zero-order valence-corrected chi connectivity index (χ0v) is 14.4. The summed E-state index contributed by atoms with van der Waals surface area (Å²) in [6, 6.07) is 13.7. The van der Waals surface area contributed by atoms with Crippen LogP contribution in [0.5, 0.6) is 11.5 Å². The zero-order chi connectivity index (χ0) is 17.4. The van der Waals surface area contributed by atoms with Crippen LogP contribution in [0.4, 0.5) is 5.69 Å². The molecule has 0 spiro atoms. The van der Waals surface area contributed by atoms with Crippen molar-refractivity contribution in [2.75, 3.05) is 26.1 Å². The van der Waals surface area contributed by atoms with Crippen LogP contribution in [0.2, 0.25) is 0 Å². The molecule has 2 aromatic rings. The van der Waals surface area contributed by atoms with E-state index >= 15 is 0 Å². The molecular weight excluding hydrogens is 304 g/mol. The van der Waals surface area contributed by atoms with Crippen molar-refractivity contribution >= 4 is 11.6 Å². The molecule has 0 saturated heterocycles. The molecule has 0 fully saturated rings. The van der Waals surface area contributed by atoms with E-state index in [1.54, 1.807) is 14.2 Å². The molecule has 0 unspecified atom stereocenters. The fourth-order valence-electron chi connectivity index (χ4n) is 2.26. The van der Waals surface area contributed by atoms with Crippen LogP contribution in [-0.2, 0) is 11.3 Å². The fourth-order valence-corrected chi connectivity index (χ4v) is 2.26. The van der Waals surface area contributed by atoms with Gasteiger partial charge in [0.25, 0.3) is 0 Å². The lowest BCUT2D eigenvalue weighted by molar-refractivity contribution is -0.121. The molecule has 0 aliphatic carbocycles. The number of amides is 1. The van der Waals surface area contributed by atoms with E-state index < -0.39 is 0 Å². The molecule has 1 amide bonds. The highest BCUT2D eigenvalue weighted by molar-refractivity contribution is 5.76. The molecule has 0 radical (unpaired) electrons. The number of aryl methyl sites for hydroxylation is 1. The topological polar surface area (TPSA) is 59.6 Å². The third kappa shape index (κ3) is 5.19. The molecule has 0 aliphatic rings.